The maximum atomic E-state index is 10.8. The molecular formula is C17H16N2O3S. The topological polar surface area (TPSA) is 75.2 Å². The Morgan fingerprint density at radius 2 is 1.96 bits per heavy atom. The highest BCUT2D eigenvalue weighted by atomic mass is 32.2. The highest BCUT2D eigenvalue weighted by Crippen LogP contribution is 2.20. The lowest BCUT2D eigenvalue weighted by molar-refractivity contribution is 0.0697. The van der Waals surface area contributed by atoms with Crippen molar-refractivity contribution in [2.75, 3.05) is 12.4 Å². The van der Waals surface area contributed by atoms with Crippen LogP contribution in [0.3, 0.4) is 0 Å². The summed E-state index contributed by atoms with van der Waals surface area (Å²) in [5, 5.41) is 9.74. The number of carboxylic acid groups (broad SMARTS) is 1. The van der Waals surface area contributed by atoms with Crippen LogP contribution in [0.15, 0.2) is 53.7 Å². The van der Waals surface area contributed by atoms with Crippen molar-refractivity contribution < 1.29 is 14.6 Å². The summed E-state index contributed by atoms with van der Waals surface area (Å²) in [6.45, 7) is 0.583. The Bertz CT molecular complexity index is 766. The van der Waals surface area contributed by atoms with Crippen molar-refractivity contribution in [2.45, 2.75) is 11.6 Å². The van der Waals surface area contributed by atoms with Gasteiger partial charge in [0.05, 0.1) is 23.2 Å². The third kappa shape index (κ3) is 4.04. The van der Waals surface area contributed by atoms with E-state index in [2.05, 4.69) is 9.97 Å². The standard InChI is InChI=1S/C17H16N2O3S/c20-16(21)12-6-8-13(9-7-12)22-10-3-11-23-17-18-14-4-1-2-5-15(14)19-17/h1-2,4-9H,3,10-11H2,(H,18,19)(H,20,21). The molecule has 2 N–H and O–H groups in total. The lowest BCUT2D eigenvalue weighted by atomic mass is 10.2. The van der Waals surface area contributed by atoms with Crippen LogP contribution in [0, 0.1) is 0 Å². The molecule has 0 aliphatic heterocycles. The summed E-state index contributed by atoms with van der Waals surface area (Å²) in [6, 6.07) is 14.4. The Labute approximate surface area is 137 Å². The molecule has 1 heterocycles. The first-order chi connectivity index (χ1) is 11.2. The Balaban J connectivity index is 1.42. The van der Waals surface area contributed by atoms with E-state index in [4.69, 9.17) is 9.84 Å². The van der Waals surface area contributed by atoms with Crippen molar-refractivity contribution in [1.82, 2.24) is 9.97 Å². The second-order valence-electron chi connectivity index (χ2n) is 4.94. The average Bonchev–Trinajstić information content (AvgIpc) is 2.97. The molecule has 0 aliphatic rings. The smallest absolute Gasteiger partial charge is 0.335 e. The minimum atomic E-state index is -0.932. The number of thioether (sulfide) groups is 1. The van der Waals surface area contributed by atoms with Crippen LogP contribution in [0.25, 0.3) is 11.0 Å². The number of ether oxygens (including phenoxy) is 1. The number of fused-ring (bicyclic) bond motifs is 1. The molecule has 1 aromatic heterocycles. The summed E-state index contributed by atoms with van der Waals surface area (Å²) in [5.41, 5.74) is 2.28. The largest absolute Gasteiger partial charge is 0.494 e. The number of rotatable bonds is 7. The van der Waals surface area contributed by atoms with Crippen LogP contribution in [0.5, 0.6) is 5.75 Å². The zero-order valence-electron chi connectivity index (χ0n) is 12.4. The number of imidazole rings is 1. The molecule has 0 atom stereocenters. The molecule has 0 unspecified atom stereocenters. The number of aromatic carboxylic acids is 1. The predicted molar refractivity (Wildman–Crippen MR) is 90.3 cm³/mol. The first-order valence-electron chi connectivity index (χ1n) is 7.26. The maximum Gasteiger partial charge on any atom is 0.335 e. The number of hydrogen-bond donors (Lipinski definition) is 2. The van der Waals surface area contributed by atoms with Gasteiger partial charge in [-0.15, -0.1) is 0 Å². The quantitative estimate of drug-likeness (QED) is 0.509. The molecule has 0 fully saturated rings. The lowest BCUT2D eigenvalue weighted by Crippen LogP contribution is -2.00. The molecule has 0 aliphatic carbocycles. The molecule has 0 spiro atoms. The zero-order valence-corrected chi connectivity index (χ0v) is 13.2. The van der Waals surface area contributed by atoms with E-state index < -0.39 is 5.97 Å². The van der Waals surface area contributed by atoms with Gasteiger partial charge in [-0.1, -0.05) is 23.9 Å². The Morgan fingerprint density at radius 1 is 1.17 bits per heavy atom. The molecule has 0 radical (unpaired) electrons. The van der Waals surface area contributed by atoms with Crippen LogP contribution in [0.2, 0.25) is 0 Å². The first-order valence-corrected chi connectivity index (χ1v) is 8.24. The number of carboxylic acids is 1. The molecule has 0 saturated heterocycles. The number of nitrogens with zero attached hydrogens (tertiary/aromatic N) is 1. The van der Waals surface area contributed by atoms with E-state index in [0.29, 0.717) is 12.4 Å². The highest BCUT2D eigenvalue weighted by molar-refractivity contribution is 7.99. The lowest BCUT2D eigenvalue weighted by Gasteiger charge is -2.05. The molecule has 3 rings (SSSR count). The van der Waals surface area contributed by atoms with Gasteiger partial charge in [0.1, 0.15) is 5.75 Å². The fraction of sp³-hybridized carbons (Fsp3) is 0.176. The van der Waals surface area contributed by atoms with Crippen LogP contribution in [-0.4, -0.2) is 33.4 Å². The summed E-state index contributed by atoms with van der Waals surface area (Å²) in [4.78, 5) is 18.5. The van der Waals surface area contributed by atoms with E-state index in [1.54, 1.807) is 36.0 Å². The molecular weight excluding hydrogens is 312 g/mol. The number of hydrogen-bond acceptors (Lipinski definition) is 4. The van der Waals surface area contributed by atoms with E-state index in [-0.39, 0.29) is 5.56 Å². The number of aromatic amines is 1. The SMILES string of the molecule is O=C(O)c1ccc(OCCCSc2nc3ccccc3[nH]2)cc1. The minimum Gasteiger partial charge on any atom is -0.494 e. The first kappa shape index (κ1) is 15.4. The van der Waals surface area contributed by atoms with Gasteiger partial charge in [0, 0.05) is 5.75 Å². The number of nitrogens with one attached hydrogen (secondary N) is 1. The van der Waals surface area contributed by atoms with E-state index in [1.807, 2.05) is 24.3 Å². The normalized spacial score (nSPS) is 10.8. The second kappa shape index (κ2) is 7.19. The van der Waals surface area contributed by atoms with E-state index >= 15 is 0 Å². The summed E-state index contributed by atoms with van der Waals surface area (Å²) in [5.74, 6) is 0.648. The summed E-state index contributed by atoms with van der Waals surface area (Å²) in [6.07, 6.45) is 0.877. The molecule has 2 aromatic carbocycles. The van der Waals surface area contributed by atoms with Gasteiger partial charge in [-0.05, 0) is 42.8 Å². The molecule has 0 bridgehead atoms. The molecule has 3 aromatic rings. The van der Waals surface area contributed by atoms with Gasteiger partial charge >= 0.3 is 5.97 Å². The van der Waals surface area contributed by atoms with Gasteiger partial charge in [-0.2, -0.15) is 0 Å². The van der Waals surface area contributed by atoms with Crippen molar-refractivity contribution in [3.05, 3.63) is 54.1 Å². The molecule has 6 heteroatoms. The van der Waals surface area contributed by atoms with E-state index in [9.17, 15) is 4.79 Å². The van der Waals surface area contributed by atoms with E-state index in [1.165, 1.54) is 0 Å². The van der Waals surface area contributed by atoms with Crippen molar-refractivity contribution in [3.8, 4) is 5.75 Å². The molecule has 5 nitrogen and oxygen atoms in total. The van der Waals surface area contributed by atoms with Crippen molar-refractivity contribution in [3.63, 3.8) is 0 Å². The second-order valence-corrected chi connectivity index (χ2v) is 6.02. The van der Waals surface area contributed by atoms with Crippen molar-refractivity contribution in [1.29, 1.82) is 0 Å². The molecule has 118 valence electrons. The zero-order chi connectivity index (χ0) is 16.1. The predicted octanol–water partition coefficient (Wildman–Crippen LogP) is 3.82. The minimum absolute atomic E-state index is 0.262. The number of carbonyl (C=O) groups is 1. The van der Waals surface area contributed by atoms with Gasteiger partial charge < -0.3 is 14.8 Å². The van der Waals surface area contributed by atoms with Crippen LogP contribution in [0.1, 0.15) is 16.8 Å². The van der Waals surface area contributed by atoms with Crippen LogP contribution < -0.4 is 4.74 Å². The average molecular weight is 328 g/mol. The van der Waals surface area contributed by atoms with Gasteiger partial charge in [0.25, 0.3) is 0 Å². The number of benzene rings is 2. The Hall–Kier alpha value is -2.47. The highest BCUT2D eigenvalue weighted by Gasteiger charge is 2.03. The number of aromatic nitrogens is 2. The van der Waals surface area contributed by atoms with Crippen molar-refractivity contribution in [2.24, 2.45) is 0 Å². The third-order valence-corrected chi connectivity index (χ3v) is 4.22. The summed E-state index contributed by atoms with van der Waals surface area (Å²) >= 11 is 1.66. The van der Waals surface area contributed by atoms with Gasteiger partial charge in [0.2, 0.25) is 0 Å². The van der Waals surface area contributed by atoms with Crippen LogP contribution in [0.4, 0.5) is 0 Å². The Kier molecular flexibility index (Phi) is 4.83. The summed E-state index contributed by atoms with van der Waals surface area (Å²) < 4.78 is 5.60. The third-order valence-electron chi connectivity index (χ3n) is 3.27. The Morgan fingerprint density at radius 3 is 2.70 bits per heavy atom. The molecule has 23 heavy (non-hydrogen) atoms. The van der Waals surface area contributed by atoms with Crippen molar-refractivity contribution >= 4 is 28.8 Å². The van der Waals surface area contributed by atoms with Crippen LogP contribution >= 0.6 is 11.8 Å². The number of para-hydroxylation sites is 2. The summed E-state index contributed by atoms with van der Waals surface area (Å²) in [7, 11) is 0. The monoisotopic (exact) mass is 328 g/mol. The van der Waals surface area contributed by atoms with Gasteiger partial charge in [0.15, 0.2) is 5.16 Å². The van der Waals surface area contributed by atoms with E-state index in [0.717, 1.165) is 28.4 Å². The fourth-order valence-electron chi connectivity index (χ4n) is 2.11. The van der Waals surface area contributed by atoms with Crippen LogP contribution in [-0.2, 0) is 0 Å². The maximum absolute atomic E-state index is 10.8. The molecule has 0 saturated carbocycles. The number of H-pyrrole nitrogens is 1. The molecule has 0 amide bonds. The van der Waals surface area contributed by atoms with Gasteiger partial charge in [-0.25, -0.2) is 9.78 Å². The fourth-order valence-corrected chi connectivity index (χ4v) is 2.91. The van der Waals surface area contributed by atoms with Gasteiger partial charge in [-0.3, -0.25) is 0 Å².